The first-order chi connectivity index (χ1) is 9.86. The molecule has 1 rings (SSSR count). The van der Waals surface area contributed by atoms with Crippen molar-refractivity contribution in [3.63, 3.8) is 0 Å². The highest BCUT2D eigenvalue weighted by Gasteiger charge is 2.00. The summed E-state index contributed by atoms with van der Waals surface area (Å²) in [6.07, 6.45) is 0.821. The maximum atomic E-state index is 5.69. The lowest BCUT2D eigenvalue weighted by atomic mass is 10.5. The van der Waals surface area contributed by atoms with Gasteiger partial charge in [0, 0.05) is 18.9 Å². The Labute approximate surface area is 129 Å². The average molecular weight is 324 g/mol. The molecule has 0 atom stereocenters. The van der Waals surface area contributed by atoms with Crippen molar-refractivity contribution in [1.29, 1.82) is 0 Å². The smallest absolute Gasteiger partial charge is 0.0951 e. The lowest BCUT2D eigenvalue weighted by Gasteiger charge is -2.06. The molecule has 1 heterocycles. The average Bonchev–Trinajstić information content (AvgIpc) is 2.93. The van der Waals surface area contributed by atoms with Crippen molar-refractivity contribution in [2.75, 3.05) is 53.4 Å². The molecular weight excluding hydrogens is 302 g/mol. The molecule has 116 valence electrons. The van der Waals surface area contributed by atoms with Crippen molar-refractivity contribution in [2.45, 2.75) is 12.3 Å². The molecule has 0 bridgehead atoms. The first-order valence-corrected chi connectivity index (χ1v) is 7.99. The zero-order valence-electron chi connectivity index (χ0n) is 11.8. The van der Waals surface area contributed by atoms with E-state index < -0.39 is 0 Å². The Kier molecular flexibility index (Phi) is 11.1. The third kappa shape index (κ3) is 8.84. The van der Waals surface area contributed by atoms with E-state index in [2.05, 4.69) is 4.98 Å². The summed E-state index contributed by atoms with van der Waals surface area (Å²) in [4.78, 5) is 4.36. The molecule has 0 aromatic carbocycles. The lowest BCUT2D eigenvalue weighted by Crippen LogP contribution is -2.12. The topological polar surface area (TPSA) is 49.8 Å². The van der Waals surface area contributed by atoms with Gasteiger partial charge in [0.25, 0.3) is 0 Å². The molecule has 0 fully saturated rings. The van der Waals surface area contributed by atoms with E-state index in [9.17, 15) is 0 Å². The zero-order chi connectivity index (χ0) is 14.5. The van der Waals surface area contributed by atoms with Crippen molar-refractivity contribution < 1.29 is 18.9 Å². The summed E-state index contributed by atoms with van der Waals surface area (Å²) in [7, 11) is 1.65. The number of hydrogen-bond donors (Lipinski definition) is 0. The fourth-order valence-electron chi connectivity index (χ4n) is 1.37. The van der Waals surface area contributed by atoms with Gasteiger partial charge in [0.15, 0.2) is 0 Å². The summed E-state index contributed by atoms with van der Waals surface area (Å²) in [5.74, 6) is 0.470. The zero-order valence-corrected chi connectivity index (χ0v) is 13.4. The Morgan fingerprint density at radius 2 is 1.60 bits per heavy atom. The molecule has 0 aliphatic carbocycles. The predicted octanol–water partition coefficient (Wildman–Crippen LogP) is 2.12. The number of methoxy groups -OCH3 is 1. The van der Waals surface area contributed by atoms with Crippen molar-refractivity contribution in [1.82, 2.24) is 4.98 Å². The van der Waals surface area contributed by atoms with Gasteiger partial charge in [0.1, 0.15) is 0 Å². The summed E-state index contributed by atoms with van der Waals surface area (Å²) >= 11 is 7.31. The van der Waals surface area contributed by atoms with Crippen LogP contribution < -0.4 is 0 Å². The normalized spacial score (nSPS) is 11.1. The molecule has 1 aromatic rings. The number of hydrogen-bond acceptors (Lipinski definition) is 6. The van der Waals surface area contributed by atoms with Crippen LogP contribution in [0.25, 0.3) is 0 Å². The van der Waals surface area contributed by atoms with Gasteiger partial charge in [-0.1, -0.05) is 0 Å². The van der Waals surface area contributed by atoms with Gasteiger partial charge in [-0.15, -0.1) is 22.9 Å². The number of alkyl halides is 1. The number of ether oxygens (including phenoxy) is 4. The highest BCUT2D eigenvalue weighted by molar-refractivity contribution is 7.09. The second-order valence-corrected chi connectivity index (χ2v) is 5.16. The largest absolute Gasteiger partial charge is 0.382 e. The summed E-state index contributed by atoms with van der Waals surface area (Å²) in [5, 5.41) is 3.04. The minimum Gasteiger partial charge on any atom is -0.382 e. The van der Waals surface area contributed by atoms with Gasteiger partial charge in [-0.3, -0.25) is 0 Å². The standard InChI is InChI=1S/C13H22ClNO4S/c1-16-4-5-18-8-9-19-7-6-17-3-2-13-15-12(10-14)11-20-13/h11H,2-10H2,1H3. The van der Waals surface area contributed by atoms with E-state index in [-0.39, 0.29) is 0 Å². The number of rotatable bonds is 13. The minimum absolute atomic E-state index is 0.470. The van der Waals surface area contributed by atoms with Crippen LogP contribution in [0.15, 0.2) is 5.38 Å². The molecule has 0 saturated heterocycles. The van der Waals surface area contributed by atoms with Gasteiger partial charge in [-0.05, 0) is 0 Å². The molecule has 5 nitrogen and oxygen atoms in total. The molecule has 20 heavy (non-hydrogen) atoms. The number of nitrogens with zero attached hydrogens (tertiary/aromatic N) is 1. The molecule has 0 N–H and O–H groups in total. The molecule has 0 amide bonds. The molecule has 0 aliphatic heterocycles. The van der Waals surface area contributed by atoms with E-state index in [1.807, 2.05) is 5.38 Å². The Morgan fingerprint density at radius 3 is 2.15 bits per heavy atom. The van der Waals surface area contributed by atoms with E-state index in [1.165, 1.54) is 0 Å². The van der Waals surface area contributed by atoms with Crippen LogP contribution in [0.2, 0.25) is 0 Å². The Hall–Kier alpha value is -0.240. The van der Waals surface area contributed by atoms with Gasteiger partial charge >= 0.3 is 0 Å². The van der Waals surface area contributed by atoms with Crippen molar-refractivity contribution in [3.8, 4) is 0 Å². The Bertz CT molecular complexity index is 338. The maximum absolute atomic E-state index is 5.69. The van der Waals surface area contributed by atoms with E-state index >= 15 is 0 Å². The van der Waals surface area contributed by atoms with E-state index in [0.717, 1.165) is 17.1 Å². The molecule has 0 radical (unpaired) electrons. The van der Waals surface area contributed by atoms with Crippen molar-refractivity contribution in [2.24, 2.45) is 0 Å². The number of thiazole rings is 1. The Morgan fingerprint density at radius 1 is 1.00 bits per heavy atom. The number of aromatic nitrogens is 1. The molecule has 1 aromatic heterocycles. The highest BCUT2D eigenvalue weighted by atomic mass is 35.5. The third-order valence-corrected chi connectivity index (χ3v) is 3.60. The van der Waals surface area contributed by atoms with E-state index in [4.69, 9.17) is 30.5 Å². The SMILES string of the molecule is COCCOCCOCCOCCc1nc(CCl)cs1. The summed E-state index contributed by atoms with van der Waals surface area (Å²) < 4.78 is 21.0. The van der Waals surface area contributed by atoms with Crippen LogP contribution in [0.4, 0.5) is 0 Å². The molecule has 0 spiro atoms. The van der Waals surface area contributed by atoms with Gasteiger partial charge in [-0.25, -0.2) is 4.98 Å². The number of halogens is 1. The molecule has 7 heteroatoms. The van der Waals surface area contributed by atoms with Crippen molar-refractivity contribution >= 4 is 22.9 Å². The fourth-order valence-corrected chi connectivity index (χ4v) is 2.38. The molecule has 0 saturated carbocycles. The van der Waals surface area contributed by atoms with Crippen molar-refractivity contribution in [3.05, 3.63) is 16.1 Å². The quantitative estimate of drug-likeness (QED) is 0.411. The summed E-state index contributed by atoms with van der Waals surface area (Å²) in [6.45, 7) is 4.22. The van der Waals surface area contributed by atoms with Gasteiger partial charge < -0.3 is 18.9 Å². The van der Waals surface area contributed by atoms with E-state index in [1.54, 1.807) is 18.4 Å². The van der Waals surface area contributed by atoms with Crippen LogP contribution in [0.1, 0.15) is 10.7 Å². The molecular formula is C13H22ClNO4S. The third-order valence-electron chi connectivity index (χ3n) is 2.37. The monoisotopic (exact) mass is 323 g/mol. The minimum atomic E-state index is 0.470. The van der Waals surface area contributed by atoms with Gasteiger partial charge in [0.05, 0.1) is 62.8 Å². The first-order valence-electron chi connectivity index (χ1n) is 6.58. The van der Waals surface area contributed by atoms with Crippen LogP contribution in [0.3, 0.4) is 0 Å². The second-order valence-electron chi connectivity index (χ2n) is 3.95. The van der Waals surface area contributed by atoms with Crippen LogP contribution in [-0.4, -0.2) is 58.3 Å². The maximum Gasteiger partial charge on any atom is 0.0951 e. The second kappa shape index (κ2) is 12.5. The molecule has 0 aliphatic rings. The molecule has 0 unspecified atom stereocenters. The van der Waals surface area contributed by atoms with Crippen LogP contribution in [-0.2, 0) is 31.2 Å². The Balaban J connectivity index is 1.83. The highest BCUT2D eigenvalue weighted by Crippen LogP contribution is 2.11. The lowest BCUT2D eigenvalue weighted by molar-refractivity contribution is 0.00406. The van der Waals surface area contributed by atoms with Crippen LogP contribution >= 0.6 is 22.9 Å². The first kappa shape index (κ1) is 17.8. The summed E-state index contributed by atoms with van der Waals surface area (Å²) in [6, 6.07) is 0. The van der Waals surface area contributed by atoms with Crippen LogP contribution in [0.5, 0.6) is 0 Å². The van der Waals surface area contributed by atoms with Crippen LogP contribution in [0, 0.1) is 0 Å². The van der Waals surface area contributed by atoms with Gasteiger partial charge in [0.2, 0.25) is 0 Å². The predicted molar refractivity (Wildman–Crippen MR) is 79.7 cm³/mol. The summed E-state index contributed by atoms with van der Waals surface area (Å²) in [5.41, 5.74) is 0.934. The van der Waals surface area contributed by atoms with Gasteiger partial charge in [-0.2, -0.15) is 0 Å². The fraction of sp³-hybridized carbons (Fsp3) is 0.769. The van der Waals surface area contributed by atoms with E-state index in [0.29, 0.717) is 52.1 Å².